The van der Waals surface area contributed by atoms with Gasteiger partial charge in [0, 0.05) is 29.6 Å². The molecule has 2 aromatic rings. The standard InChI is InChI=1S/C38H48BrN3O6/c1-6-13-25(5)40(20-7-2)37(46)34-38-23-30(39)33(48-38)31(35(44)41(21-8-3)27-16-18-29(19-17-27)47-9-4)32(38)36(45)42(34)28(24-43)22-26-14-11-10-12-15-26/h7-8,10-12,14-19,25,28,30-34,43H,2-3,6,9,13,20-24H2,1,4-5H3/t25?,28-,30?,31-,32+,33-,34?,38?/m1/s1. The molecule has 5 rings (SSSR count). The summed E-state index contributed by atoms with van der Waals surface area (Å²) in [5.74, 6) is -1.94. The first-order chi connectivity index (χ1) is 23.2. The molecule has 1 N–H and O–H groups in total. The Labute approximate surface area is 292 Å². The number of halogens is 1. The van der Waals surface area contributed by atoms with E-state index in [-0.39, 0.29) is 41.7 Å². The zero-order valence-corrected chi connectivity index (χ0v) is 29.8. The van der Waals surface area contributed by atoms with Crippen molar-refractivity contribution in [1.82, 2.24) is 9.80 Å². The molecular formula is C38H48BrN3O6. The van der Waals surface area contributed by atoms with Crippen LogP contribution in [-0.4, -0.2) is 93.6 Å². The molecule has 3 heterocycles. The van der Waals surface area contributed by atoms with E-state index in [2.05, 4.69) is 36.0 Å². The minimum absolute atomic E-state index is 0.117. The first-order valence-electron chi connectivity index (χ1n) is 17.0. The number of hydrogen-bond acceptors (Lipinski definition) is 6. The molecule has 3 fully saturated rings. The lowest BCUT2D eigenvalue weighted by Crippen LogP contribution is -2.60. The normalized spacial score (nSPS) is 26.9. The highest BCUT2D eigenvalue weighted by molar-refractivity contribution is 9.09. The highest BCUT2D eigenvalue weighted by Gasteiger charge is 2.77. The third-order valence-electron chi connectivity index (χ3n) is 10.0. The van der Waals surface area contributed by atoms with Crippen LogP contribution in [0.25, 0.3) is 0 Å². The number of hydrogen-bond donors (Lipinski definition) is 1. The number of amides is 3. The molecule has 3 amide bonds. The van der Waals surface area contributed by atoms with Gasteiger partial charge in [-0.1, -0.05) is 71.8 Å². The van der Waals surface area contributed by atoms with E-state index >= 15 is 0 Å². The average Bonchev–Trinajstić information content (AvgIpc) is 3.68. The Balaban J connectivity index is 1.60. The smallest absolute Gasteiger partial charge is 0.248 e. The summed E-state index contributed by atoms with van der Waals surface area (Å²) < 4.78 is 12.4. The summed E-state index contributed by atoms with van der Waals surface area (Å²) >= 11 is 3.80. The fourth-order valence-electron chi connectivity index (χ4n) is 8.04. The molecule has 0 aliphatic carbocycles. The summed E-state index contributed by atoms with van der Waals surface area (Å²) in [5, 5.41) is 10.8. The van der Waals surface area contributed by atoms with Crippen LogP contribution < -0.4 is 9.64 Å². The fourth-order valence-corrected chi connectivity index (χ4v) is 8.98. The molecule has 258 valence electrons. The molecule has 3 aliphatic rings. The highest BCUT2D eigenvalue weighted by atomic mass is 79.9. The van der Waals surface area contributed by atoms with Crippen molar-refractivity contribution in [2.45, 2.75) is 81.1 Å². The zero-order chi connectivity index (χ0) is 34.6. The van der Waals surface area contributed by atoms with Crippen molar-refractivity contribution >= 4 is 39.3 Å². The molecule has 3 saturated heterocycles. The Kier molecular flexibility index (Phi) is 11.5. The van der Waals surface area contributed by atoms with Gasteiger partial charge in [-0.3, -0.25) is 14.4 Å². The second kappa shape index (κ2) is 15.4. The van der Waals surface area contributed by atoms with Crippen molar-refractivity contribution in [2.75, 3.05) is 31.2 Å². The number of aliphatic hydroxyl groups is 1. The van der Waals surface area contributed by atoms with E-state index in [1.807, 2.05) is 68.4 Å². The van der Waals surface area contributed by atoms with Gasteiger partial charge < -0.3 is 29.3 Å². The van der Waals surface area contributed by atoms with E-state index < -0.39 is 35.6 Å². The predicted molar refractivity (Wildman–Crippen MR) is 190 cm³/mol. The average molecular weight is 723 g/mol. The van der Waals surface area contributed by atoms with Gasteiger partial charge in [-0.15, -0.1) is 13.2 Å². The largest absolute Gasteiger partial charge is 0.494 e. The molecule has 0 saturated carbocycles. The van der Waals surface area contributed by atoms with Gasteiger partial charge in [-0.2, -0.15) is 0 Å². The van der Waals surface area contributed by atoms with Crippen LogP contribution in [0.2, 0.25) is 0 Å². The van der Waals surface area contributed by atoms with Crippen molar-refractivity contribution in [2.24, 2.45) is 11.8 Å². The summed E-state index contributed by atoms with van der Waals surface area (Å²) in [7, 11) is 0. The topological polar surface area (TPSA) is 99.6 Å². The van der Waals surface area contributed by atoms with Gasteiger partial charge in [-0.05, 0) is 62.9 Å². The van der Waals surface area contributed by atoms with Crippen LogP contribution >= 0.6 is 15.9 Å². The van der Waals surface area contributed by atoms with Gasteiger partial charge in [-0.25, -0.2) is 0 Å². The summed E-state index contributed by atoms with van der Waals surface area (Å²) in [6.45, 7) is 14.5. The van der Waals surface area contributed by atoms with E-state index in [4.69, 9.17) is 9.47 Å². The summed E-state index contributed by atoms with van der Waals surface area (Å²) in [5.41, 5.74) is 0.307. The van der Waals surface area contributed by atoms with Crippen LogP contribution in [-0.2, 0) is 25.5 Å². The van der Waals surface area contributed by atoms with E-state index in [9.17, 15) is 19.5 Å². The number of rotatable bonds is 16. The number of aliphatic hydroxyl groups excluding tert-OH is 1. The Bertz CT molecular complexity index is 1470. The molecule has 48 heavy (non-hydrogen) atoms. The summed E-state index contributed by atoms with van der Waals surface area (Å²) in [4.78, 5) is 49.3. The molecule has 2 aromatic carbocycles. The molecule has 8 atom stereocenters. The zero-order valence-electron chi connectivity index (χ0n) is 28.2. The molecule has 9 nitrogen and oxygen atoms in total. The van der Waals surface area contributed by atoms with Crippen molar-refractivity contribution in [1.29, 1.82) is 0 Å². The minimum Gasteiger partial charge on any atom is -0.494 e. The predicted octanol–water partition coefficient (Wildman–Crippen LogP) is 5.16. The quantitative estimate of drug-likeness (QED) is 0.190. The third kappa shape index (κ3) is 6.46. The molecule has 1 spiro atoms. The van der Waals surface area contributed by atoms with Gasteiger partial charge in [0.2, 0.25) is 17.7 Å². The van der Waals surface area contributed by atoms with Gasteiger partial charge in [0.15, 0.2) is 0 Å². The van der Waals surface area contributed by atoms with Crippen molar-refractivity contribution in [3.05, 3.63) is 85.5 Å². The van der Waals surface area contributed by atoms with E-state index in [1.165, 1.54) is 0 Å². The maximum atomic E-state index is 14.9. The number of alkyl halides is 1. The number of benzene rings is 2. The van der Waals surface area contributed by atoms with Gasteiger partial charge >= 0.3 is 0 Å². The SMILES string of the molecule is C=CCN(C(=O)[C@H]1[C@@H]2OC3(CC2Br)C(C(=O)N(CC=C)C(C)CCC)N([C@@H](CO)Cc2ccccc2)C(=O)[C@H]13)c1ccc(OCC)cc1. The first kappa shape index (κ1) is 35.8. The monoisotopic (exact) mass is 721 g/mol. The molecule has 3 aliphatic heterocycles. The fraction of sp³-hybridized carbons (Fsp3) is 0.500. The van der Waals surface area contributed by atoms with E-state index in [0.29, 0.717) is 37.4 Å². The minimum atomic E-state index is -1.26. The van der Waals surface area contributed by atoms with Crippen LogP contribution in [0, 0.1) is 11.8 Å². The number of likely N-dealkylation sites (tertiary alicyclic amines) is 1. The first-order valence-corrected chi connectivity index (χ1v) is 17.9. The van der Waals surface area contributed by atoms with E-state index in [0.717, 1.165) is 18.4 Å². The van der Waals surface area contributed by atoms with Crippen molar-refractivity contribution in [3.8, 4) is 5.75 Å². The van der Waals surface area contributed by atoms with Crippen LogP contribution in [0.15, 0.2) is 79.9 Å². The van der Waals surface area contributed by atoms with Crippen molar-refractivity contribution in [3.63, 3.8) is 0 Å². The molecule has 2 bridgehead atoms. The number of carbonyl (C=O) groups excluding carboxylic acids is 3. The number of ether oxygens (including phenoxy) is 2. The van der Waals surface area contributed by atoms with Crippen LogP contribution in [0.1, 0.15) is 45.6 Å². The lowest BCUT2D eigenvalue weighted by atomic mass is 9.70. The number of nitrogens with zero attached hydrogens (tertiary/aromatic N) is 3. The number of carbonyl (C=O) groups is 3. The summed E-state index contributed by atoms with van der Waals surface area (Å²) in [6, 6.07) is 15.0. The molecule has 0 aromatic heterocycles. The maximum absolute atomic E-state index is 14.9. The Morgan fingerprint density at radius 2 is 1.79 bits per heavy atom. The molecule has 4 unspecified atom stereocenters. The third-order valence-corrected chi connectivity index (χ3v) is 10.9. The van der Waals surface area contributed by atoms with Crippen LogP contribution in [0.5, 0.6) is 5.75 Å². The van der Waals surface area contributed by atoms with Gasteiger partial charge in [0.1, 0.15) is 17.4 Å². The molecule has 10 heteroatoms. The summed E-state index contributed by atoms with van der Waals surface area (Å²) in [6.07, 6.45) is 5.10. The van der Waals surface area contributed by atoms with Crippen molar-refractivity contribution < 1.29 is 29.0 Å². The highest BCUT2D eigenvalue weighted by Crippen LogP contribution is 2.61. The number of fused-ring (bicyclic) bond motifs is 1. The Hall–Kier alpha value is -3.47. The molecule has 0 radical (unpaired) electrons. The Morgan fingerprint density at radius 3 is 2.40 bits per heavy atom. The lowest BCUT2D eigenvalue weighted by molar-refractivity contribution is -0.152. The van der Waals surface area contributed by atoms with Gasteiger partial charge in [0.25, 0.3) is 0 Å². The second-order valence-electron chi connectivity index (χ2n) is 13.0. The van der Waals surface area contributed by atoms with Gasteiger partial charge in [0.05, 0.1) is 37.2 Å². The maximum Gasteiger partial charge on any atom is 0.248 e. The second-order valence-corrected chi connectivity index (χ2v) is 14.2. The van der Waals surface area contributed by atoms with E-state index in [1.54, 1.807) is 26.9 Å². The molecular weight excluding hydrogens is 674 g/mol. The van der Waals surface area contributed by atoms with Crippen LogP contribution in [0.3, 0.4) is 0 Å². The van der Waals surface area contributed by atoms with Crippen LogP contribution in [0.4, 0.5) is 5.69 Å². The Morgan fingerprint density at radius 1 is 1.10 bits per heavy atom. The lowest BCUT2D eigenvalue weighted by Gasteiger charge is -2.41. The number of anilines is 1.